The molecule has 5 rings (SSSR count). The first-order valence-electron chi connectivity index (χ1n) is 9.29. The predicted molar refractivity (Wildman–Crippen MR) is 119 cm³/mol. The zero-order valence-corrected chi connectivity index (χ0v) is 17.0. The van der Waals surface area contributed by atoms with Crippen LogP contribution in [0.3, 0.4) is 0 Å². The van der Waals surface area contributed by atoms with Gasteiger partial charge in [-0.2, -0.15) is 0 Å². The molecule has 0 spiro atoms. The lowest BCUT2D eigenvalue weighted by atomic mass is 10.0. The number of ether oxygens (including phenoxy) is 2. The van der Waals surface area contributed by atoms with Gasteiger partial charge in [-0.1, -0.05) is 48.1 Å². The lowest BCUT2D eigenvalue weighted by Crippen LogP contribution is -2.04. The average molecular weight is 421 g/mol. The van der Waals surface area contributed by atoms with Gasteiger partial charge in [-0.05, 0) is 47.5 Å². The van der Waals surface area contributed by atoms with E-state index in [1.807, 2.05) is 54.6 Å². The Morgan fingerprint density at radius 1 is 0.966 bits per heavy atom. The summed E-state index contributed by atoms with van der Waals surface area (Å²) in [6, 6.07) is 19.9. The molecule has 29 heavy (non-hydrogen) atoms. The Bertz CT molecular complexity index is 1200. The highest BCUT2D eigenvalue weighted by Gasteiger charge is 2.15. The monoisotopic (exact) mass is 420 g/mol. The van der Waals surface area contributed by atoms with E-state index in [1.165, 1.54) is 0 Å². The Morgan fingerprint density at radius 3 is 2.59 bits per heavy atom. The smallest absolute Gasteiger partial charge is 0.231 e. The van der Waals surface area contributed by atoms with E-state index in [4.69, 9.17) is 33.3 Å². The highest BCUT2D eigenvalue weighted by Crippen LogP contribution is 2.33. The maximum absolute atomic E-state index is 6.46. The van der Waals surface area contributed by atoms with Gasteiger partial charge in [0.25, 0.3) is 0 Å². The summed E-state index contributed by atoms with van der Waals surface area (Å²) >= 11 is 12.1. The first-order chi connectivity index (χ1) is 14.2. The van der Waals surface area contributed by atoms with Crippen molar-refractivity contribution >= 4 is 39.7 Å². The fourth-order valence-corrected chi connectivity index (χ4v) is 4.05. The number of para-hydroxylation sites is 2. The van der Waals surface area contributed by atoms with Gasteiger partial charge in [0.2, 0.25) is 6.79 Å². The third kappa shape index (κ3) is 3.71. The first-order valence-corrected chi connectivity index (χ1v) is 10.1. The maximum atomic E-state index is 6.46. The number of hydrogen-bond acceptors (Lipinski definition) is 4. The topological polar surface area (TPSA) is 47.1 Å². The van der Waals surface area contributed by atoms with Crippen LogP contribution in [-0.2, 0) is 12.8 Å². The summed E-state index contributed by atoms with van der Waals surface area (Å²) in [6.07, 6.45) is 1.39. The van der Waals surface area contributed by atoms with Crippen molar-refractivity contribution in [1.82, 2.24) is 9.97 Å². The SMILES string of the molecule is S=C(Cc1ccc2c(c1)OCO2)Cc1ccc(Cl)c(-c2nc3ccccc3[nH]2)c1. The van der Waals surface area contributed by atoms with Crippen LogP contribution in [0.5, 0.6) is 11.5 Å². The fourth-order valence-electron chi connectivity index (χ4n) is 3.51. The van der Waals surface area contributed by atoms with E-state index in [2.05, 4.69) is 16.0 Å². The number of halogens is 1. The number of aromatic nitrogens is 2. The molecule has 0 aliphatic carbocycles. The summed E-state index contributed by atoms with van der Waals surface area (Å²) in [6.45, 7) is 0.276. The van der Waals surface area contributed by atoms with Gasteiger partial charge in [0.05, 0.1) is 16.1 Å². The summed E-state index contributed by atoms with van der Waals surface area (Å²) in [4.78, 5) is 8.96. The molecule has 1 aromatic heterocycles. The van der Waals surface area contributed by atoms with Crippen LogP contribution in [0.2, 0.25) is 5.02 Å². The largest absolute Gasteiger partial charge is 0.454 e. The van der Waals surface area contributed by atoms with Crippen LogP contribution < -0.4 is 9.47 Å². The van der Waals surface area contributed by atoms with E-state index in [0.717, 1.165) is 49.9 Å². The number of thiocarbonyl (C=S) groups is 1. The van der Waals surface area contributed by atoms with Gasteiger partial charge in [-0.25, -0.2) is 4.98 Å². The second-order valence-corrected chi connectivity index (χ2v) is 7.98. The van der Waals surface area contributed by atoms with E-state index >= 15 is 0 Å². The van der Waals surface area contributed by atoms with Crippen LogP contribution in [0.1, 0.15) is 11.1 Å². The minimum Gasteiger partial charge on any atom is -0.454 e. The molecule has 0 radical (unpaired) electrons. The second kappa shape index (κ2) is 7.50. The summed E-state index contributed by atoms with van der Waals surface area (Å²) in [5, 5.41) is 0.662. The standard InChI is InChI=1S/C23H17ClN2O2S/c24-18-7-5-14(11-17(18)23-25-19-3-1-2-4-20(19)26-23)9-16(29)10-15-6-8-21-22(12-15)28-13-27-21/h1-8,11-12H,9-10,13H2,(H,25,26). The summed E-state index contributed by atoms with van der Waals surface area (Å²) < 4.78 is 10.8. The van der Waals surface area contributed by atoms with Crippen molar-refractivity contribution in [3.05, 3.63) is 76.8 Å². The van der Waals surface area contributed by atoms with Crippen LogP contribution in [0.15, 0.2) is 60.7 Å². The third-order valence-electron chi connectivity index (χ3n) is 4.91. The first kappa shape index (κ1) is 18.2. The Balaban J connectivity index is 1.36. The molecule has 4 aromatic rings. The average Bonchev–Trinajstić information content (AvgIpc) is 3.35. The van der Waals surface area contributed by atoms with Crippen molar-refractivity contribution in [3.63, 3.8) is 0 Å². The number of nitrogens with one attached hydrogen (secondary N) is 1. The molecule has 1 aliphatic rings. The third-order valence-corrected chi connectivity index (χ3v) is 5.53. The minimum atomic E-state index is 0.276. The van der Waals surface area contributed by atoms with Gasteiger partial charge in [-0.15, -0.1) is 0 Å². The molecule has 0 saturated heterocycles. The number of hydrogen-bond donors (Lipinski definition) is 1. The lowest BCUT2D eigenvalue weighted by molar-refractivity contribution is 0.174. The second-order valence-electron chi connectivity index (χ2n) is 7.00. The van der Waals surface area contributed by atoms with E-state index in [9.17, 15) is 0 Å². The number of fused-ring (bicyclic) bond motifs is 2. The Labute approximate surface area is 178 Å². The molecular formula is C23H17ClN2O2S. The van der Waals surface area contributed by atoms with Crippen molar-refractivity contribution in [1.29, 1.82) is 0 Å². The molecule has 0 atom stereocenters. The zero-order chi connectivity index (χ0) is 19.8. The van der Waals surface area contributed by atoms with E-state index < -0.39 is 0 Å². The molecule has 4 nitrogen and oxygen atoms in total. The summed E-state index contributed by atoms with van der Waals surface area (Å²) in [5.74, 6) is 2.33. The van der Waals surface area contributed by atoms with Crippen LogP contribution >= 0.6 is 23.8 Å². The molecule has 0 amide bonds. The van der Waals surface area contributed by atoms with Crippen molar-refractivity contribution in [2.24, 2.45) is 0 Å². The van der Waals surface area contributed by atoms with Crippen LogP contribution in [0.4, 0.5) is 0 Å². The Hall–Kier alpha value is -2.89. The van der Waals surface area contributed by atoms with E-state index in [1.54, 1.807) is 0 Å². The molecule has 3 aromatic carbocycles. The molecule has 6 heteroatoms. The molecular weight excluding hydrogens is 404 g/mol. The van der Waals surface area contributed by atoms with Gasteiger partial charge in [-0.3, -0.25) is 0 Å². The molecule has 0 unspecified atom stereocenters. The summed E-state index contributed by atoms with van der Waals surface area (Å²) in [7, 11) is 0. The van der Waals surface area contributed by atoms with Gasteiger partial charge >= 0.3 is 0 Å². The molecule has 144 valence electrons. The van der Waals surface area contributed by atoms with E-state index in [0.29, 0.717) is 17.9 Å². The highest BCUT2D eigenvalue weighted by molar-refractivity contribution is 7.80. The fraction of sp³-hybridized carbons (Fsp3) is 0.130. The zero-order valence-electron chi connectivity index (χ0n) is 15.4. The number of H-pyrrole nitrogens is 1. The number of benzene rings is 3. The van der Waals surface area contributed by atoms with Gasteiger partial charge in [0.15, 0.2) is 11.5 Å². The maximum Gasteiger partial charge on any atom is 0.231 e. The molecule has 1 N–H and O–H groups in total. The van der Waals surface area contributed by atoms with Gasteiger partial charge in [0, 0.05) is 23.3 Å². The number of imidazole rings is 1. The lowest BCUT2D eigenvalue weighted by Gasteiger charge is -2.08. The van der Waals surface area contributed by atoms with Crippen molar-refractivity contribution in [2.45, 2.75) is 12.8 Å². The van der Waals surface area contributed by atoms with Crippen LogP contribution in [0.25, 0.3) is 22.4 Å². The molecule has 1 aliphatic heterocycles. The van der Waals surface area contributed by atoms with E-state index in [-0.39, 0.29) is 6.79 Å². The molecule has 2 heterocycles. The molecule has 0 saturated carbocycles. The summed E-state index contributed by atoms with van der Waals surface area (Å²) in [5.41, 5.74) is 5.01. The predicted octanol–water partition coefficient (Wildman–Crippen LogP) is 5.77. The van der Waals surface area contributed by atoms with Gasteiger partial charge in [0.1, 0.15) is 5.82 Å². The van der Waals surface area contributed by atoms with Crippen molar-refractivity contribution in [3.8, 4) is 22.9 Å². The number of aromatic amines is 1. The van der Waals surface area contributed by atoms with Crippen molar-refractivity contribution in [2.75, 3.05) is 6.79 Å². The van der Waals surface area contributed by atoms with Crippen molar-refractivity contribution < 1.29 is 9.47 Å². The highest BCUT2D eigenvalue weighted by atomic mass is 35.5. The van der Waals surface area contributed by atoms with Gasteiger partial charge < -0.3 is 14.5 Å². The molecule has 0 bridgehead atoms. The normalized spacial score (nSPS) is 12.4. The van der Waals surface area contributed by atoms with Crippen LogP contribution in [-0.4, -0.2) is 21.6 Å². The molecule has 0 fully saturated rings. The minimum absolute atomic E-state index is 0.276. The number of rotatable bonds is 5. The number of nitrogens with zero attached hydrogens (tertiary/aromatic N) is 1. The quantitative estimate of drug-likeness (QED) is 0.416. The van der Waals surface area contributed by atoms with Crippen LogP contribution in [0, 0.1) is 0 Å². The Morgan fingerprint density at radius 2 is 1.72 bits per heavy atom. The Kier molecular flexibility index (Phi) is 4.70.